The number of hydrogen-bond donors (Lipinski definition) is 2. The van der Waals surface area contributed by atoms with E-state index in [4.69, 9.17) is 15.6 Å². The molecule has 3 N–H and O–H groups in total. The maximum absolute atomic E-state index is 12.3. The van der Waals surface area contributed by atoms with Crippen LogP contribution in [0.3, 0.4) is 0 Å². The lowest BCUT2D eigenvalue weighted by atomic mass is 10.2. The normalized spacial score (nSPS) is 23.6. The van der Waals surface area contributed by atoms with Gasteiger partial charge in [-0.25, -0.2) is 0 Å². The van der Waals surface area contributed by atoms with Gasteiger partial charge in [0.05, 0.1) is 38.1 Å². The number of carbonyl (C=O) groups excluding carboxylic acids is 1. The topological polar surface area (TPSA) is 106 Å². The smallest absolute Gasteiger partial charge is 0.276 e. The summed E-state index contributed by atoms with van der Waals surface area (Å²) in [6.45, 7) is 3.54. The monoisotopic (exact) mass is 269 g/mol. The molecule has 0 bridgehead atoms. The zero-order valence-electron chi connectivity index (χ0n) is 10.9. The molecular formula is C11H19N5O3. The fourth-order valence-electron chi connectivity index (χ4n) is 2.00. The van der Waals surface area contributed by atoms with E-state index in [1.807, 2.05) is 6.92 Å². The lowest BCUT2D eigenvalue weighted by Gasteiger charge is -2.36. The van der Waals surface area contributed by atoms with Gasteiger partial charge in [-0.2, -0.15) is 0 Å². The lowest BCUT2D eigenvalue weighted by molar-refractivity contribution is -0.0668. The molecule has 0 saturated carbocycles. The third-order valence-electron chi connectivity index (χ3n) is 3.09. The number of nitrogens with two attached hydrogens (primary N) is 1. The SMILES string of the molecule is CC1COC(CO)CN1C(=O)c1cn(CCN)nn1. The molecule has 2 unspecified atom stereocenters. The van der Waals surface area contributed by atoms with Crippen molar-refractivity contribution in [2.45, 2.75) is 25.6 Å². The van der Waals surface area contributed by atoms with Crippen molar-refractivity contribution in [3.8, 4) is 0 Å². The highest BCUT2D eigenvalue weighted by Gasteiger charge is 2.31. The van der Waals surface area contributed by atoms with Crippen molar-refractivity contribution in [1.29, 1.82) is 0 Å². The highest BCUT2D eigenvalue weighted by molar-refractivity contribution is 5.92. The summed E-state index contributed by atoms with van der Waals surface area (Å²) < 4.78 is 6.94. The Morgan fingerprint density at radius 2 is 2.47 bits per heavy atom. The van der Waals surface area contributed by atoms with Gasteiger partial charge in [0, 0.05) is 13.1 Å². The van der Waals surface area contributed by atoms with Gasteiger partial charge in [-0.3, -0.25) is 9.48 Å². The Labute approximate surface area is 111 Å². The van der Waals surface area contributed by atoms with Crippen LogP contribution in [0.1, 0.15) is 17.4 Å². The predicted molar refractivity (Wildman–Crippen MR) is 66.4 cm³/mol. The molecule has 1 amide bonds. The lowest BCUT2D eigenvalue weighted by Crippen LogP contribution is -2.52. The molecule has 0 radical (unpaired) electrons. The first-order valence-electron chi connectivity index (χ1n) is 6.29. The van der Waals surface area contributed by atoms with E-state index in [0.29, 0.717) is 31.9 Å². The van der Waals surface area contributed by atoms with Crippen molar-refractivity contribution in [2.75, 3.05) is 26.3 Å². The van der Waals surface area contributed by atoms with Gasteiger partial charge in [-0.1, -0.05) is 5.21 Å². The largest absolute Gasteiger partial charge is 0.394 e. The molecule has 19 heavy (non-hydrogen) atoms. The van der Waals surface area contributed by atoms with Crippen LogP contribution in [-0.2, 0) is 11.3 Å². The summed E-state index contributed by atoms with van der Waals surface area (Å²) in [6.07, 6.45) is 1.25. The van der Waals surface area contributed by atoms with E-state index in [1.54, 1.807) is 15.8 Å². The average Bonchev–Trinajstić information content (AvgIpc) is 2.88. The second-order valence-electron chi connectivity index (χ2n) is 4.60. The summed E-state index contributed by atoms with van der Waals surface area (Å²) in [4.78, 5) is 14.0. The van der Waals surface area contributed by atoms with E-state index in [2.05, 4.69) is 10.3 Å². The molecule has 2 atom stereocenters. The molecule has 1 aliphatic rings. The zero-order chi connectivity index (χ0) is 13.8. The molecule has 1 aliphatic heterocycles. The van der Waals surface area contributed by atoms with Crippen LogP contribution in [0.25, 0.3) is 0 Å². The molecule has 1 fully saturated rings. The first-order chi connectivity index (χ1) is 9.15. The van der Waals surface area contributed by atoms with Crippen molar-refractivity contribution in [3.05, 3.63) is 11.9 Å². The van der Waals surface area contributed by atoms with Crippen molar-refractivity contribution in [1.82, 2.24) is 19.9 Å². The maximum Gasteiger partial charge on any atom is 0.276 e. The first-order valence-corrected chi connectivity index (χ1v) is 6.29. The molecular weight excluding hydrogens is 250 g/mol. The van der Waals surface area contributed by atoms with Gasteiger partial charge >= 0.3 is 0 Å². The van der Waals surface area contributed by atoms with Crippen molar-refractivity contribution in [3.63, 3.8) is 0 Å². The van der Waals surface area contributed by atoms with Gasteiger partial charge in [0.2, 0.25) is 0 Å². The van der Waals surface area contributed by atoms with E-state index in [0.717, 1.165) is 0 Å². The quantitative estimate of drug-likeness (QED) is 0.686. The van der Waals surface area contributed by atoms with E-state index < -0.39 is 0 Å². The summed E-state index contributed by atoms with van der Waals surface area (Å²) in [5.74, 6) is -0.197. The third-order valence-corrected chi connectivity index (χ3v) is 3.09. The number of rotatable bonds is 4. The number of hydrogen-bond acceptors (Lipinski definition) is 6. The summed E-state index contributed by atoms with van der Waals surface area (Å²) in [7, 11) is 0. The Morgan fingerprint density at radius 3 is 3.16 bits per heavy atom. The van der Waals surface area contributed by atoms with Crippen LogP contribution >= 0.6 is 0 Å². The second-order valence-corrected chi connectivity index (χ2v) is 4.60. The number of aromatic nitrogens is 3. The van der Waals surface area contributed by atoms with Crippen LogP contribution in [0.5, 0.6) is 0 Å². The summed E-state index contributed by atoms with van der Waals surface area (Å²) in [5.41, 5.74) is 5.71. The minimum absolute atomic E-state index is 0.0463. The molecule has 1 saturated heterocycles. The van der Waals surface area contributed by atoms with Gasteiger partial charge in [-0.05, 0) is 6.92 Å². The van der Waals surface area contributed by atoms with E-state index in [1.165, 1.54) is 0 Å². The number of ether oxygens (including phenoxy) is 1. The molecule has 0 aliphatic carbocycles. The van der Waals surface area contributed by atoms with E-state index >= 15 is 0 Å². The van der Waals surface area contributed by atoms with Crippen molar-refractivity contribution < 1.29 is 14.6 Å². The molecule has 1 aromatic heterocycles. The van der Waals surface area contributed by atoms with Gasteiger partial charge in [0.15, 0.2) is 5.69 Å². The fourth-order valence-corrected chi connectivity index (χ4v) is 2.00. The number of aliphatic hydroxyl groups excluding tert-OH is 1. The van der Waals surface area contributed by atoms with Crippen LogP contribution in [0.2, 0.25) is 0 Å². The molecule has 106 valence electrons. The zero-order valence-corrected chi connectivity index (χ0v) is 10.9. The number of carbonyl (C=O) groups is 1. The van der Waals surface area contributed by atoms with Gasteiger partial charge in [0.25, 0.3) is 5.91 Å². The number of morpholine rings is 1. The molecule has 0 aromatic carbocycles. The molecule has 2 heterocycles. The molecule has 0 spiro atoms. The van der Waals surface area contributed by atoms with E-state index in [-0.39, 0.29) is 24.7 Å². The second kappa shape index (κ2) is 6.09. The number of aliphatic hydroxyl groups is 1. The Kier molecular flexibility index (Phi) is 4.46. The standard InChI is InChI=1S/C11H19N5O3/c1-8-7-19-9(6-17)4-16(8)11(18)10-5-15(3-2-12)14-13-10/h5,8-9,17H,2-4,6-7,12H2,1H3. The third kappa shape index (κ3) is 3.09. The Balaban J connectivity index is 2.08. The fraction of sp³-hybridized carbons (Fsp3) is 0.727. The van der Waals surface area contributed by atoms with Gasteiger partial charge < -0.3 is 20.5 Å². The van der Waals surface area contributed by atoms with Crippen LogP contribution < -0.4 is 5.73 Å². The average molecular weight is 269 g/mol. The number of amides is 1. The van der Waals surface area contributed by atoms with Crippen LogP contribution in [0, 0.1) is 0 Å². The Morgan fingerprint density at radius 1 is 1.68 bits per heavy atom. The Bertz CT molecular complexity index is 436. The maximum atomic E-state index is 12.3. The molecule has 8 nitrogen and oxygen atoms in total. The molecule has 8 heteroatoms. The van der Waals surface area contributed by atoms with Crippen LogP contribution in [0.15, 0.2) is 6.20 Å². The van der Waals surface area contributed by atoms with Crippen LogP contribution in [-0.4, -0.2) is 69.4 Å². The molecule has 2 rings (SSSR count). The summed E-state index contributed by atoms with van der Waals surface area (Å²) in [5, 5.41) is 16.8. The van der Waals surface area contributed by atoms with Crippen molar-refractivity contribution in [2.24, 2.45) is 5.73 Å². The number of nitrogens with zero attached hydrogens (tertiary/aromatic N) is 4. The Hall–Kier alpha value is -1.51. The van der Waals surface area contributed by atoms with E-state index in [9.17, 15) is 4.79 Å². The molecule has 1 aromatic rings. The summed E-state index contributed by atoms with van der Waals surface area (Å²) >= 11 is 0. The summed E-state index contributed by atoms with van der Waals surface area (Å²) in [6, 6.07) is -0.0463. The first kappa shape index (κ1) is 13.9. The van der Waals surface area contributed by atoms with Crippen LogP contribution in [0.4, 0.5) is 0 Å². The van der Waals surface area contributed by atoms with Gasteiger partial charge in [-0.15, -0.1) is 5.10 Å². The predicted octanol–water partition coefficient (Wildman–Crippen LogP) is -1.54. The highest BCUT2D eigenvalue weighted by atomic mass is 16.5. The minimum Gasteiger partial charge on any atom is -0.394 e. The minimum atomic E-state index is -0.334. The van der Waals surface area contributed by atoms with Crippen molar-refractivity contribution >= 4 is 5.91 Å². The highest BCUT2D eigenvalue weighted by Crippen LogP contribution is 2.14. The van der Waals surface area contributed by atoms with Gasteiger partial charge in [0.1, 0.15) is 0 Å².